The summed E-state index contributed by atoms with van der Waals surface area (Å²) < 4.78 is 8.22. The number of hydrogen-bond donors (Lipinski definition) is 0. The van der Waals surface area contributed by atoms with Gasteiger partial charge >= 0.3 is 5.63 Å². The number of aryl methyl sites for hydroxylation is 1. The van der Waals surface area contributed by atoms with E-state index in [9.17, 15) is 4.79 Å². The molecule has 0 atom stereocenters. The van der Waals surface area contributed by atoms with E-state index in [1.807, 2.05) is 24.4 Å². The van der Waals surface area contributed by atoms with Crippen LogP contribution in [0.3, 0.4) is 0 Å². The molecular formula is C15H13BrN2O2S. The predicted molar refractivity (Wildman–Crippen MR) is 87.6 cm³/mol. The second-order valence-electron chi connectivity index (χ2n) is 4.52. The molecule has 108 valence electrons. The molecule has 1 aromatic carbocycles. The first kappa shape index (κ1) is 14.4. The van der Waals surface area contributed by atoms with E-state index >= 15 is 0 Å². The number of thioether (sulfide) groups is 1. The Labute approximate surface area is 134 Å². The van der Waals surface area contributed by atoms with Crippen molar-refractivity contribution in [3.05, 3.63) is 57.1 Å². The highest BCUT2D eigenvalue weighted by Crippen LogP contribution is 2.27. The molecular weight excluding hydrogens is 352 g/mol. The van der Waals surface area contributed by atoms with Crippen molar-refractivity contribution in [3.63, 3.8) is 0 Å². The summed E-state index contributed by atoms with van der Waals surface area (Å²) in [5, 5.41) is 1.91. The summed E-state index contributed by atoms with van der Waals surface area (Å²) in [7, 11) is 0. The van der Waals surface area contributed by atoms with E-state index in [1.54, 1.807) is 24.0 Å². The van der Waals surface area contributed by atoms with Gasteiger partial charge in [-0.3, -0.25) is 0 Å². The number of nitrogens with zero attached hydrogens (tertiary/aromatic N) is 2. The topological polar surface area (TPSA) is 48.0 Å². The van der Waals surface area contributed by atoms with Crippen molar-refractivity contribution in [1.29, 1.82) is 0 Å². The number of benzene rings is 1. The van der Waals surface area contributed by atoms with Crippen LogP contribution in [0.2, 0.25) is 0 Å². The summed E-state index contributed by atoms with van der Waals surface area (Å²) in [5.41, 5.74) is 1.24. The van der Waals surface area contributed by atoms with Gasteiger partial charge in [0, 0.05) is 40.6 Å². The van der Waals surface area contributed by atoms with E-state index in [1.165, 1.54) is 0 Å². The molecule has 3 rings (SSSR count). The maximum Gasteiger partial charge on any atom is 0.336 e. The Morgan fingerprint density at radius 1 is 1.38 bits per heavy atom. The number of halogens is 1. The van der Waals surface area contributed by atoms with E-state index in [0.29, 0.717) is 11.3 Å². The average molecular weight is 365 g/mol. The van der Waals surface area contributed by atoms with Gasteiger partial charge in [0.15, 0.2) is 5.16 Å². The van der Waals surface area contributed by atoms with E-state index in [4.69, 9.17) is 4.42 Å². The monoisotopic (exact) mass is 364 g/mol. The minimum Gasteiger partial charge on any atom is -0.423 e. The largest absolute Gasteiger partial charge is 0.423 e. The smallest absolute Gasteiger partial charge is 0.336 e. The van der Waals surface area contributed by atoms with Crippen molar-refractivity contribution in [2.45, 2.75) is 24.4 Å². The zero-order chi connectivity index (χ0) is 14.8. The molecule has 0 saturated heterocycles. The van der Waals surface area contributed by atoms with Gasteiger partial charge < -0.3 is 8.98 Å². The maximum atomic E-state index is 11.7. The molecule has 0 spiro atoms. The van der Waals surface area contributed by atoms with Crippen LogP contribution in [-0.2, 0) is 12.3 Å². The lowest BCUT2D eigenvalue weighted by Crippen LogP contribution is -2.00. The fourth-order valence-electron chi connectivity index (χ4n) is 2.14. The Kier molecular flexibility index (Phi) is 4.17. The Morgan fingerprint density at radius 2 is 2.24 bits per heavy atom. The van der Waals surface area contributed by atoms with E-state index < -0.39 is 0 Å². The van der Waals surface area contributed by atoms with Crippen molar-refractivity contribution in [2.75, 3.05) is 0 Å². The van der Waals surface area contributed by atoms with Crippen LogP contribution < -0.4 is 5.63 Å². The molecule has 0 unspecified atom stereocenters. The van der Waals surface area contributed by atoms with Gasteiger partial charge in [0.25, 0.3) is 0 Å². The lowest BCUT2D eigenvalue weighted by Gasteiger charge is -2.06. The highest BCUT2D eigenvalue weighted by molar-refractivity contribution is 9.10. The minimum absolute atomic E-state index is 0.324. The molecule has 6 heteroatoms. The van der Waals surface area contributed by atoms with Gasteiger partial charge in [-0.2, -0.15) is 0 Å². The minimum atomic E-state index is -0.324. The number of imidazole rings is 1. The van der Waals surface area contributed by atoms with Crippen LogP contribution in [0.1, 0.15) is 12.5 Å². The molecule has 21 heavy (non-hydrogen) atoms. The zero-order valence-electron chi connectivity index (χ0n) is 11.4. The molecule has 0 saturated carbocycles. The van der Waals surface area contributed by atoms with Crippen molar-refractivity contribution in [2.24, 2.45) is 0 Å². The van der Waals surface area contributed by atoms with E-state index in [0.717, 1.165) is 27.1 Å². The second-order valence-corrected chi connectivity index (χ2v) is 6.37. The number of hydrogen-bond acceptors (Lipinski definition) is 4. The molecule has 0 radical (unpaired) electrons. The summed E-state index contributed by atoms with van der Waals surface area (Å²) in [6.45, 7) is 2.96. The van der Waals surface area contributed by atoms with Gasteiger partial charge in [0.1, 0.15) is 5.58 Å². The van der Waals surface area contributed by atoms with Crippen molar-refractivity contribution >= 4 is 38.7 Å². The molecule has 0 aliphatic carbocycles. The molecule has 3 aromatic rings. The van der Waals surface area contributed by atoms with Crippen LogP contribution in [0.4, 0.5) is 0 Å². The first-order valence-corrected chi connectivity index (χ1v) is 8.31. The van der Waals surface area contributed by atoms with Crippen LogP contribution in [0.5, 0.6) is 0 Å². The lowest BCUT2D eigenvalue weighted by atomic mass is 10.1. The molecule has 2 heterocycles. The standard InChI is InChI=1S/C15H13BrN2O2S/c1-2-18-6-5-17-15(18)21-9-10-7-14(19)20-13-8-11(16)3-4-12(10)13/h3-8H,2,9H2,1H3. The maximum absolute atomic E-state index is 11.7. The summed E-state index contributed by atoms with van der Waals surface area (Å²) in [6.07, 6.45) is 3.75. The van der Waals surface area contributed by atoms with Crippen LogP contribution in [0.25, 0.3) is 11.0 Å². The van der Waals surface area contributed by atoms with Gasteiger partial charge in [-0.25, -0.2) is 9.78 Å². The van der Waals surface area contributed by atoms with Gasteiger partial charge in [0.05, 0.1) is 0 Å². The number of rotatable bonds is 4. The molecule has 0 N–H and O–H groups in total. The average Bonchev–Trinajstić information content (AvgIpc) is 2.91. The molecule has 4 nitrogen and oxygen atoms in total. The Morgan fingerprint density at radius 3 is 3.05 bits per heavy atom. The number of fused-ring (bicyclic) bond motifs is 1. The Hall–Kier alpha value is -1.53. The van der Waals surface area contributed by atoms with Crippen LogP contribution in [-0.4, -0.2) is 9.55 Å². The quantitative estimate of drug-likeness (QED) is 0.517. The first-order valence-electron chi connectivity index (χ1n) is 6.53. The fraction of sp³-hybridized carbons (Fsp3) is 0.200. The van der Waals surface area contributed by atoms with Gasteiger partial charge in [0.2, 0.25) is 0 Å². The summed E-state index contributed by atoms with van der Waals surface area (Å²) >= 11 is 5.01. The lowest BCUT2D eigenvalue weighted by molar-refractivity contribution is 0.559. The molecule has 0 fully saturated rings. The predicted octanol–water partition coefficient (Wildman–Crippen LogP) is 4.06. The zero-order valence-corrected chi connectivity index (χ0v) is 13.8. The van der Waals surface area contributed by atoms with E-state index in [2.05, 4.69) is 32.4 Å². The van der Waals surface area contributed by atoms with Crippen LogP contribution >= 0.6 is 27.7 Å². The Balaban J connectivity index is 1.95. The van der Waals surface area contributed by atoms with Crippen LogP contribution in [0.15, 0.2) is 55.5 Å². The SMILES string of the molecule is CCn1ccnc1SCc1cc(=O)oc2cc(Br)ccc12. The summed E-state index contributed by atoms with van der Waals surface area (Å²) in [4.78, 5) is 16.0. The Bertz CT molecular complexity index is 841. The molecule has 0 amide bonds. The van der Waals surface area contributed by atoms with Gasteiger partial charge in [-0.05, 0) is 30.7 Å². The first-order chi connectivity index (χ1) is 10.2. The fourth-order valence-corrected chi connectivity index (χ4v) is 3.50. The van der Waals surface area contributed by atoms with Crippen LogP contribution in [0, 0.1) is 0 Å². The second kappa shape index (κ2) is 6.07. The third kappa shape index (κ3) is 3.06. The highest BCUT2D eigenvalue weighted by Gasteiger charge is 2.09. The van der Waals surface area contributed by atoms with Crippen molar-refractivity contribution in [1.82, 2.24) is 9.55 Å². The third-order valence-electron chi connectivity index (χ3n) is 3.17. The van der Waals surface area contributed by atoms with Crippen molar-refractivity contribution in [3.8, 4) is 0 Å². The molecule has 0 aliphatic rings. The molecule has 0 aliphatic heterocycles. The molecule has 2 aromatic heterocycles. The highest BCUT2D eigenvalue weighted by atomic mass is 79.9. The van der Waals surface area contributed by atoms with Gasteiger partial charge in [-0.1, -0.05) is 27.7 Å². The third-order valence-corrected chi connectivity index (χ3v) is 4.71. The summed E-state index contributed by atoms with van der Waals surface area (Å²) in [6, 6.07) is 7.29. The van der Waals surface area contributed by atoms with E-state index in [-0.39, 0.29) is 5.63 Å². The summed E-state index contributed by atoms with van der Waals surface area (Å²) in [5.74, 6) is 0.681. The van der Waals surface area contributed by atoms with Gasteiger partial charge in [-0.15, -0.1) is 0 Å². The normalized spacial score (nSPS) is 11.1. The number of aromatic nitrogens is 2. The van der Waals surface area contributed by atoms with Crippen molar-refractivity contribution < 1.29 is 4.42 Å². The molecule has 0 bridgehead atoms.